The number of nitrogens with zero attached hydrogens (tertiary/aromatic N) is 2. The first kappa shape index (κ1) is 20.7. The van der Waals surface area contributed by atoms with E-state index in [2.05, 4.69) is 26.3 Å². The molecule has 1 unspecified atom stereocenters. The summed E-state index contributed by atoms with van der Waals surface area (Å²) in [5.41, 5.74) is 2.93. The number of amides is 1. The van der Waals surface area contributed by atoms with Gasteiger partial charge in [-0.2, -0.15) is 0 Å². The van der Waals surface area contributed by atoms with E-state index in [0.717, 1.165) is 34.9 Å². The first-order chi connectivity index (χ1) is 15.2. The number of imidazole rings is 1. The van der Waals surface area contributed by atoms with Crippen molar-refractivity contribution in [2.24, 2.45) is 0 Å². The average Bonchev–Trinajstić information content (AvgIpc) is 3.25. The zero-order chi connectivity index (χ0) is 21.5. The van der Waals surface area contributed by atoms with Crippen LogP contribution in [0.15, 0.2) is 67.1 Å². The van der Waals surface area contributed by atoms with Crippen LogP contribution in [0.2, 0.25) is 0 Å². The van der Waals surface area contributed by atoms with Gasteiger partial charge in [-0.05, 0) is 18.2 Å². The molecule has 2 N–H and O–H groups in total. The highest BCUT2D eigenvalue weighted by Gasteiger charge is 2.26. The number of carbonyl (C=O) groups excluding carboxylic acids is 1. The summed E-state index contributed by atoms with van der Waals surface area (Å²) in [6.45, 7) is 2.68. The molecule has 0 bridgehead atoms. The number of para-hydroxylation sites is 2. The number of hydrogen-bond acceptors (Lipinski definition) is 5. The minimum atomic E-state index is -0.171. The summed E-state index contributed by atoms with van der Waals surface area (Å²) in [7, 11) is 1.67. The molecule has 1 aliphatic rings. The van der Waals surface area contributed by atoms with Gasteiger partial charge in [0.2, 0.25) is 5.91 Å². The van der Waals surface area contributed by atoms with E-state index in [-0.39, 0.29) is 12.0 Å². The fraction of sp³-hybridized carbons (Fsp3) is 0.250. The van der Waals surface area contributed by atoms with Crippen molar-refractivity contribution in [1.29, 1.82) is 0 Å². The summed E-state index contributed by atoms with van der Waals surface area (Å²) < 4.78 is 12.0. The summed E-state index contributed by atoms with van der Waals surface area (Å²) in [6.07, 6.45) is 6.28. The molecule has 0 saturated carbocycles. The van der Waals surface area contributed by atoms with Crippen LogP contribution < -0.4 is 14.8 Å². The number of aromatic nitrogens is 2. The van der Waals surface area contributed by atoms with Crippen molar-refractivity contribution in [3.8, 4) is 11.5 Å². The lowest BCUT2D eigenvalue weighted by Gasteiger charge is -2.25. The summed E-state index contributed by atoms with van der Waals surface area (Å²) >= 11 is 0. The summed E-state index contributed by atoms with van der Waals surface area (Å²) in [5, 5.41) is 2.95. The van der Waals surface area contributed by atoms with Crippen molar-refractivity contribution in [3.63, 3.8) is 0 Å². The SMILES string of the molecule is COc1ccccc1C1CN(CCNC(=O)/C=C/c2cnc[nH]2)Cc2ccccc2O1. The molecule has 160 valence electrons. The fourth-order valence-electron chi connectivity index (χ4n) is 3.66. The van der Waals surface area contributed by atoms with Crippen LogP contribution in [0.4, 0.5) is 0 Å². The standard InChI is InChI=1S/C24H26N4O3/c1-30-22-9-5-3-7-20(22)23-16-28(15-18-6-2-4-8-21(18)31-23)13-12-26-24(29)11-10-19-14-25-17-27-19/h2-11,14,17,23H,12-13,15-16H2,1H3,(H,25,27)(H,26,29)/b11-10+. The van der Waals surface area contributed by atoms with Crippen molar-refractivity contribution >= 4 is 12.0 Å². The molecule has 7 heteroatoms. The van der Waals surface area contributed by atoms with E-state index in [9.17, 15) is 4.79 Å². The van der Waals surface area contributed by atoms with Gasteiger partial charge in [0.15, 0.2) is 0 Å². The molecule has 7 nitrogen and oxygen atoms in total. The molecule has 0 saturated heterocycles. The van der Waals surface area contributed by atoms with Gasteiger partial charge in [0.25, 0.3) is 0 Å². The Kier molecular flexibility index (Phi) is 6.64. The Morgan fingerprint density at radius 1 is 1.29 bits per heavy atom. The quantitative estimate of drug-likeness (QED) is 0.576. The number of carbonyl (C=O) groups is 1. The topological polar surface area (TPSA) is 79.5 Å². The van der Waals surface area contributed by atoms with Gasteiger partial charge in [-0.25, -0.2) is 4.98 Å². The largest absolute Gasteiger partial charge is 0.496 e. The fourth-order valence-corrected chi connectivity index (χ4v) is 3.66. The molecule has 1 aliphatic heterocycles. The molecule has 4 rings (SSSR count). The Balaban J connectivity index is 1.43. The maximum absolute atomic E-state index is 12.1. The summed E-state index contributed by atoms with van der Waals surface area (Å²) in [4.78, 5) is 21.3. The molecule has 3 aromatic rings. The van der Waals surface area contributed by atoms with Gasteiger partial charge in [-0.1, -0.05) is 36.4 Å². The monoisotopic (exact) mass is 418 g/mol. The van der Waals surface area contributed by atoms with Crippen LogP contribution in [-0.4, -0.2) is 47.5 Å². The lowest BCUT2D eigenvalue weighted by atomic mass is 10.1. The number of rotatable bonds is 7. The molecule has 2 heterocycles. The lowest BCUT2D eigenvalue weighted by molar-refractivity contribution is -0.116. The molecule has 0 aliphatic carbocycles. The molecule has 0 radical (unpaired) electrons. The maximum Gasteiger partial charge on any atom is 0.244 e. The number of benzene rings is 2. The smallest absolute Gasteiger partial charge is 0.244 e. The number of nitrogens with one attached hydrogen (secondary N) is 2. The molecule has 1 atom stereocenters. The van der Waals surface area contributed by atoms with Crippen LogP contribution in [0.1, 0.15) is 22.9 Å². The third kappa shape index (κ3) is 5.32. The van der Waals surface area contributed by atoms with Gasteiger partial charge in [0.05, 0.1) is 25.3 Å². The predicted molar refractivity (Wildman–Crippen MR) is 119 cm³/mol. The summed E-state index contributed by atoms with van der Waals surface area (Å²) in [6, 6.07) is 16.0. The van der Waals surface area contributed by atoms with Gasteiger partial charge in [-0.3, -0.25) is 9.69 Å². The summed E-state index contributed by atoms with van der Waals surface area (Å²) in [5.74, 6) is 1.55. The molecule has 2 aromatic carbocycles. The molecule has 31 heavy (non-hydrogen) atoms. The third-order valence-corrected chi connectivity index (χ3v) is 5.21. The second-order valence-corrected chi connectivity index (χ2v) is 7.32. The third-order valence-electron chi connectivity index (χ3n) is 5.21. The van der Waals surface area contributed by atoms with E-state index in [1.54, 1.807) is 25.7 Å². The highest BCUT2D eigenvalue weighted by molar-refractivity contribution is 5.91. The number of hydrogen-bond donors (Lipinski definition) is 2. The van der Waals surface area contributed by atoms with Crippen LogP contribution in [0.3, 0.4) is 0 Å². The maximum atomic E-state index is 12.1. The minimum Gasteiger partial charge on any atom is -0.496 e. The van der Waals surface area contributed by atoms with Crippen LogP contribution in [0.5, 0.6) is 11.5 Å². The molecular formula is C24H26N4O3. The number of aromatic amines is 1. The van der Waals surface area contributed by atoms with Crippen LogP contribution in [-0.2, 0) is 11.3 Å². The van der Waals surface area contributed by atoms with Gasteiger partial charge in [0.1, 0.15) is 17.6 Å². The predicted octanol–water partition coefficient (Wildman–Crippen LogP) is 3.18. The van der Waals surface area contributed by atoms with Crippen molar-refractivity contribution in [2.75, 3.05) is 26.7 Å². The number of H-pyrrole nitrogens is 1. The van der Waals surface area contributed by atoms with Gasteiger partial charge >= 0.3 is 0 Å². The molecule has 1 aromatic heterocycles. The van der Waals surface area contributed by atoms with E-state index in [4.69, 9.17) is 9.47 Å². The average molecular weight is 418 g/mol. The zero-order valence-corrected chi connectivity index (χ0v) is 17.5. The first-order valence-corrected chi connectivity index (χ1v) is 10.3. The normalized spacial score (nSPS) is 16.4. The number of methoxy groups -OCH3 is 1. The lowest BCUT2D eigenvalue weighted by Crippen LogP contribution is -2.36. The van der Waals surface area contributed by atoms with E-state index in [1.807, 2.05) is 42.5 Å². The minimum absolute atomic E-state index is 0.137. The number of ether oxygens (including phenoxy) is 2. The van der Waals surface area contributed by atoms with Gasteiger partial charge in [-0.15, -0.1) is 0 Å². The van der Waals surface area contributed by atoms with Gasteiger partial charge in [0, 0.05) is 43.4 Å². The Morgan fingerprint density at radius 3 is 2.97 bits per heavy atom. The van der Waals surface area contributed by atoms with Crippen molar-refractivity contribution in [3.05, 3.63) is 84.0 Å². The van der Waals surface area contributed by atoms with E-state index in [0.29, 0.717) is 19.6 Å². The van der Waals surface area contributed by atoms with Crippen LogP contribution in [0, 0.1) is 0 Å². The van der Waals surface area contributed by atoms with Crippen molar-refractivity contribution in [2.45, 2.75) is 12.6 Å². The zero-order valence-electron chi connectivity index (χ0n) is 17.5. The number of fused-ring (bicyclic) bond motifs is 1. The van der Waals surface area contributed by atoms with Crippen molar-refractivity contribution < 1.29 is 14.3 Å². The highest BCUT2D eigenvalue weighted by Crippen LogP contribution is 2.34. The highest BCUT2D eigenvalue weighted by atomic mass is 16.5. The van der Waals surface area contributed by atoms with E-state index < -0.39 is 0 Å². The van der Waals surface area contributed by atoms with Crippen LogP contribution >= 0.6 is 0 Å². The first-order valence-electron chi connectivity index (χ1n) is 10.3. The second kappa shape index (κ2) is 9.95. The Labute approximate surface area is 181 Å². The Morgan fingerprint density at radius 2 is 2.13 bits per heavy atom. The Bertz CT molecular complexity index is 1030. The van der Waals surface area contributed by atoms with Gasteiger partial charge < -0.3 is 19.8 Å². The van der Waals surface area contributed by atoms with Crippen molar-refractivity contribution in [1.82, 2.24) is 20.2 Å². The molecule has 0 fully saturated rings. The Hall–Kier alpha value is -3.58. The van der Waals surface area contributed by atoms with E-state index in [1.165, 1.54) is 6.08 Å². The van der Waals surface area contributed by atoms with Crippen LogP contribution in [0.25, 0.3) is 6.08 Å². The molecular weight excluding hydrogens is 392 g/mol. The second-order valence-electron chi connectivity index (χ2n) is 7.32. The molecule has 0 spiro atoms. The molecule has 1 amide bonds. The van der Waals surface area contributed by atoms with E-state index >= 15 is 0 Å².